The maximum Gasteiger partial charge on any atom is 0.148 e. The van der Waals surface area contributed by atoms with Gasteiger partial charge in [-0.2, -0.15) is 0 Å². The van der Waals surface area contributed by atoms with Crippen molar-refractivity contribution in [2.45, 2.75) is 39.0 Å². The summed E-state index contributed by atoms with van der Waals surface area (Å²) in [5, 5.41) is 13.0. The molecule has 1 unspecified atom stereocenters. The number of para-hydroxylation sites is 1. The molecule has 1 aromatic carbocycles. The lowest BCUT2D eigenvalue weighted by Crippen LogP contribution is -2.47. The maximum absolute atomic E-state index is 9.65. The van der Waals surface area contributed by atoms with E-state index in [9.17, 15) is 5.11 Å². The van der Waals surface area contributed by atoms with Crippen molar-refractivity contribution in [3.05, 3.63) is 29.8 Å². The summed E-state index contributed by atoms with van der Waals surface area (Å²) < 4.78 is 5.47. The molecule has 0 heterocycles. The first kappa shape index (κ1) is 14.6. The van der Waals surface area contributed by atoms with E-state index in [0.29, 0.717) is 6.54 Å². The van der Waals surface area contributed by atoms with Crippen LogP contribution in [0, 0.1) is 12.3 Å². The van der Waals surface area contributed by atoms with Gasteiger partial charge in [-0.25, -0.2) is 0 Å². The summed E-state index contributed by atoms with van der Waals surface area (Å²) in [5.41, 5.74) is 0.681. The fourth-order valence-electron chi connectivity index (χ4n) is 1.38. The quantitative estimate of drug-likeness (QED) is 0.755. The first-order valence-electron chi connectivity index (χ1n) is 6.04. The summed E-state index contributed by atoms with van der Waals surface area (Å²) in [7, 11) is 0. The van der Waals surface area contributed by atoms with Gasteiger partial charge in [0, 0.05) is 17.6 Å². The number of benzene rings is 1. The predicted molar refractivity (Wildman–Crippen MR) is 73.4 cm³/mol. The summed E-state index contributed by atoms with van der Waals surface area (Å²) in [6.07, 6.45) is 4.75. The van der Waals surface area contributed by atoms with Gasteiger partial charge in [-0.1, -0.05) is 24.1 Å². The average Bonchev–Trinajstić information content (AvgIpc) is 2.34. The van der Waals surface area contributed by atoms with Gasteiger partial charge < -0.3 is 15.2 Å². The highest BCUT2D eigenvalue weighted by atomic mass is 16.5. The Morgan fingerprint density at radius 3 is 2.72 bits per heavy atom. The molecule has 3 nitrogen and oxygen atoms in total. The molecule has 0 amide bonds. The van der Waals surface area contributed by atoms with E-state index in [1.807, 2.05) is 38.1 Å². The van der Waals surface area contributed by atoms with Crippen LogP contribution in [0.3, 0.4) is 0 Å². The van der Waals surface area contributed by atoms with E-state index in [4.69, 9.17) is 11.2 Å². The van der Waals surface area contributed by atoms with Crippen LogP contribution in [0.2, 0.25) is 0 Å². The summed E-state index contributed by atoms with van der Waals surface area (Å²) in [4.78, 5) is 0. The SMILES string of the molecule is C#CCOc1ccccc1CNC(C)(C)C(C)O. The van der Waals surface area contributed by atoms with Gasteiger partial charge in [-0.3, -0.25) is 0 Å². The molecule has 1 aromatic rings. The second-order valence-corrected chi connectivity index (χ2v) is 4.85. The molecule has 0 saturated heterocycles. The van der Waals surface area contributed by atoms with Gasteiger partial charge >= 0.3 is 0 Å². The van der Waals surface area contributed by atoms with Crippen LogP contribution in [0.25, 0.3) is 0 Å². The summed E-state index contributed by atoms with van der Waals surface area (Å²) in [5.74, 6) is 3.23. The Kier molecular flexibility index (Phi) is 5.21. The second-order valence-electron chi connectivity index (χ2n) is 4.85. The number of terminal acetylenes is 1. The molecular weight excluding hydrogens is 226 g/mol. The van der Waals surface area contributed by atoms with Gasteiger partial charge in [0.15, 0.2) is 0 Å². The molecule has 1 atom stereocenters. The van der Waals surface area contributed by atoms with E-state index in [0.717, 1.165) is 11.3 Å². The third kappa shape index (κ3) is 4.06. The molecule has 0 saturated carbocycles. The minimum atomic E-state index is -0.434. The van der Waals surface area contributed by atoms with E-state index in [2.05, 4.69) is 11.2 Å². The zero-order valence-corrected chi connectivity index (χ0v) is 11.2. The Labute approximate surface area is 109 Å². The van der Waals surface area contributed by atoms with Crippen LogP contribution in [0.5, 0.6) is 5.75 Å². The van der Waals surface area contributed by atoms with Crippen molar-refractivity contribution < 1.29 is 9.84 Å². The fourth-order valence-corrected chi connectivity index (χ4v) is 1.38. The Balaban J connectivity index is 2.70. The first-order valence-corrected chi connectivity index (χ1v) is 6.04. The van der Waals surface area contributed by atoms with Gasteiger partial charge in [0.2, 0.25) is 0 Å². The highest BCUT2D eigenvalue weighted by Crippen LogP contribution is 2.19. The smallest absolute Gasteiger partial charge is 0.148 e. The maximum atomic E-state index is 9.65. The van der Waals surface area contributed by atoms with Crippen LogP contribution in [-0.2, 0) is 6.54 Å². The molecular formula is C15H21NO2. The van der Waals surface area contributed by atoms with Crippen LogP contribution in [0.15, 0.2) is 24.3 Å². The third-order valence-corrected chi connectivity index (χ3v) is 3.06. The monoisotopic (exact) mass is 247 g/mol. The fraction of sp³-hybridized carbons (Fsp3) is 0.467. The van der Waals surface area contributed by atoms with Crippen LogP contribution in [0.4, 0.5) is 0 Å². The minimum Gasteiger partial charge on any atom is -0.481 e. The molecule has 1 rings (SSSR count). The molecule has 0 aromatic heterocycles. The lowest BCUT2D eigenvalue weighted by molar-refractivity contribution is 0.0954. The van der Waals surface area contributed by atoms with Crippen molar-refractivity contribution >= 4 is 0 Å². The standard InChI is InChI=1S/C15H21NO2/c1-5-10-18-14-9-7-6-8-13(14)11-16-15(3,4)12(2)17/h1,6-9,12,16-17H,10-11H2,2-4H3. The van der Waals surface area contributed by atoms with Gasteiger partial charge in [-0.05, 0) is 26.8 Å². The van der Waals surface area contributed by atoms with Crippen LogP contribution < -0.4 is 10.1 Å². The second kappa shape index (κ2) is 6.44. The molecule has 2 N–H and O–H groups in total. The van der Waals surface area contributed by atoms with Gasteiger partial charge in [0.25, 0.3) is 0 Å². The van der Waals surface area contributed by atoms with Gasteiger partial charge in [0.05, 0.1) is 6.10 Å². The molecule has 0 aliphatic rings. The Morgan fingerprint density at radius 1 is 1.44 bits per heavy atom. The number of ether oxygens (including phenoxy) is 1. The molecule has 0 aliphatic heterocycles. The summed E-state index contributed by atoms with van der Waals surface area (Å²) >= 11 is 0. The van der Waals surface area contributed by atoms with Crippen LogP contribution >= 0.6 is 0 Å². The number of hydrogen-bond donors (Lipinski definition) is 2. The zero-order valence-electron chi connectivity index (χ0n) is 11.2. The minimum absolute atomic E-state index is 0.261. The van der Waals surface area contributed by atoms with E-state index in [1.54, 1.807) is 6.92 Å². The predicted octanol–water partition coefficient (Wildman–Crippen LogP) is 1.95. The van der Waals surface area contributed by atoms with Crippen LogP contribution in [-0.4, -0.2) is 23.4 Å². The van der Waals surface area contributed by atoms with E-state index in [-0.39, 0.29) is 12.1 Å². The average molecular weight is 247 g/mol. The van der Waals surface area contributed by atoms with Crippen molar-refractivity contribution in [3.8, 4) is 18.1 Å². The molecule has 0 fully saturated rings. The topological polar surface area (TPSA) is 41.5 Å². The lowest BCUT2D eigenvalue weighted by Gasteiger charge is -2.29. The Hall–Kier alpha value is -1.50. The number of hydrogen-bond acceptors (Lipinski definition) is 3. The molecule has 0 radical (unpaired) electrons. The number of rotatable bonds is 6. The Bertz CT molecular complexity index is 419. The number of aliphatic hydroxyl groups excluding tert-OH is 1. The largest absolute Gasteiger partial charge is 0.481 e. The van der Waals surface area contributed by atoms with Crippen molar-refractivity contribution in [1.82, 2.24) is 5.32 Å². The van der Waals surface area contributed by atoms with Crippen molar-refractivity contribution in [1.29, 1.82) is 0 Å². The van der Waals surface area contributed by atoms with Gasteiger partial charge in [0.1, 0.15) is 12.4 Å². The molecule has 0 bridgehead atoms. The van der Waals surface area contributed by atoms with E-state index < -0.39 is 6.10 Å². The van der Waals surface area contributed by atoms with E-state index >= 15 is 0 Å². The van der Waals surface area contributed by atoms with Crippen LogP contribution in [0.1, 0.15) is 26.3 Å². The molecule has 0 spiro atoms. The summed E-state index contributed by atoms with van der Waals surface area (Å²) in [6, 6.07) is 7.74. The zero-order chi connectivity index (χ0) is 13.6. The van der Waals surface area contributed by atoms with Crippen molar-refractivity contribution in [2.24, 2.45) is 0 Å². The van der Waals surface area contributed by atoms with E-state index in [1.165, 1.54) is 0 Å². The molecule has 18 heavy (non-hydrogen) atoms. The number of aliphatic hydroxyl groups is 1. The molecule has 98 valence electrons. The first-order chi connectivity index (χ1) is 8.47. The number of nitrogens with one attached hydrogen (secondary N) is 1. The Morgan fingerprint density at radius 2 is 2.11 bits per heavy atom. The van der Waals surface area contributed by atoms with Crippen molar-refractivity contribution in [3.63, 3.8) is 0 Å². The highest BCUT2D eigenvalue weighted by molar-refractivity contribution is 5.33. The van der Waals surface area contributed by atoms with Crippen molar-refractivity contribution in [2.75, 3.05) is 6.61 Å². The van der Waals surface area contributed by atoms with Gasteiger partial charge in [-0.15, -0.1) is 6.42 Å². The molecule has 0 aliphatic carbocycles. The highest BCUT2D eigenvalue weighted by Gasteiger charge is 2.23. The lowest BCUT2D eigenvalue weighted by atomic mass is 9.98. The molecule has 3 heteroatoms. The summed E-state index contributed by atoms with van der Waals surface area (Å²) in [6.45, 7) is 6.58. The third-order valence-electron chi connectivity index (χ3n) is 3.06. The normalized spacial score (nSPS) is 12.8.